The number of aliphatic carboxylic acids is 1. The van der Waals surface area contributed by atoms with Crippen molar-refractivity contribution in [2.75, 3.05) is 13.1 Å². The minimum atomic E-state index is -0.720. The largest absolute Gasteiger partial charge is 0.480 e. The van der Waals surface area contributed by atoms with Crippen LogP contribution >= 0.6 is 0 Å². The van der Waals surface area contributed by atoms with Gasteiger partial charge < -0.3 is 10.4 Å². The summed E-state index contributed by atoms with van der Waals surface area (Å²) in [6.45, 7) is 13.2. The van der Waals surface area contributed by atoms with Crippen LogP contribution < -0.4 is 5.32 Å². The van der Waals surface area contributed by atoms with E-state index < -0.39 is 5.97 Å². The second-order valence-corrected chi connectivity index (χ2v) is 5.01. The summed E-state index contributed by atoms with van der Waals surface area (Å²) in [6.07, 6.45) is 1.78. The summed E-state index contributed by atoms with van der Waals surface area (Å²) in [4.78, 5) is 12.6. The van der Waals surface area contributed by atoms with E-state index in [0.29, 0.717) is 12.1 Å². The molecular formula is C13H28N2O2. The van der Waals surface area contributed by atoms with Crippen molar-refractivity contribution in [2.24, 2.45) is 0 Å². The van der Waals surface area contributed by atoms with Gasteiger partial charge in [0, 0.05) is 12.1 Å². The highest BCUT2D eigenvalue weighted by molar-refractivity contribution is 5.73. The smallest absolute Gasteiger partial charge is 0.320 e. The van der Waals surface area contributed by atoms with Crippen LogP contribution in [0.3, 0.4) is 0 Å². The van der Waals surface area contributed by atoms with Crippen molar-refractivity contribution in [1.82, 2.24) is 10.2 Å². The summed E-state index contributed by atoms with van der Waals surface area (Å²) in [5.74, 6) is -0.720. The molecule has 0 aromatic carbocycles. The summed E-state index contributed by atoms with van der Waals surface area (Å²) < 4.78 is 0. The van der Waals surface area contributed by atoms with Crippen LogP contribution in [0.1, 0.15) is 47.5 Å². The Labute approximate surface area is 105 Å². The van der Waals surface area contributed by atoms with Crippen LogP contribution in [0.15, 0.2) is 0 Å². The standard InChI is InChI=1S/C8H19N.C5H9NO2/c1-6-9(7(2)3)8(4)5;7-5(8)4-2-1-3-6-4/h7-8H,6H2,1-5H3;4,6H,1-3H2,(H,7,8)/t;4-/m.0/s1. The highest BCUT2D eigenvalue weighted by atomic mass is 16.4. The van der Waals surface area contributed by atoms with Crippen LogP contribution in [-0.2, 0) is 4.79 Å². The molecule has 0 aromatic rings. The molecule has 1 atom stereocenters. The van der Waals surface area contributed by atoms with Gasteiger partial charge in [-0.05, 0) is 53.6 Å². The third-order valence-electron chi connectivity index (χ3n) is 3.05. The van der Waals surface area contributed by atoms with Crippen molar-refractivity contribution in [3.63, 3.8) is 0 Å². The van der Waals surface area contributed by atoms with E-state index in [1.54, 1.807) is 0 Å². The zero-order valence-corrected chi connectivity index (χ0v) is 11.9. The Bertz CT molecular complexity index is 203. The molecule has 0 amide bonds. The highest BCUT2D eigenvalue weighted by Gasteiger charge is 2.20. The summed E-state index contributed by atoms with van der Waals surface area (Å²) in [6, 6.07) is 1.11. The van der Waals surface area contributed by atoms with Gasteiger partial charge in [0.1, 0.15) is 6.04 Å². The first-order valence-corrected chi connectivity index (χ1v) is 6.62. The second kappa shape index (κ2) is 8.48. The SMILES string of the molecule is CCN(C(C)C)C(C)C.O=C(O)[C@@H]1CCCN1. The lowest BCUT2D eigenvalue weighted by Crippen LogP contribution is -2.36. The number of rotatable bonds is 4. The number of nitrogens with zero attached hydrogens (tertiary/aromatic N) is 1. The summed E-state index contributed by atoms with van der Waals surface area (Å²) in [5.41, 5.74) is 0. The lowest BCUT2D eigenvalue weighted by Gasteiger charge is -2.28. The normalized spacial score (nSPS) is 19.6. The number of carboxylic acids is 1. The average molecular weight is 244 g/mol. The molecule has 4 heteroatoms. The first-order valence-electron chi connectivity index (χ1n) is 6.62. The minimum Gasteiger partial charge on any atom is -0.480 e. The molecule has 0 unspecified atom stereocenters. The van der Waals surface area contributed by atoms with Crippen LogP contribution in [0.4, 0.5) is 0 Å². The van der Waals surface area contributed by atoms with Gasteiger partial charge in [-0.15, -0.1) is 0 Å². The molecule has 1 saturated heterocycles. The van der Waals surface area contributed by atoms with Gasteiger partial charge in [0.2, 0.25) is 0 Å². The van der Waals surface area contributed by atoms with E-state index in [4.69, 9.17) is 5.11 Å². The third kappa shape index (κ3) is 6.64. The molecule has 2 N–H and O–H groups in total. The number of carboxylic acid groups (broad SMARTS) is 1. The number of nitrogens with one attached hydrogen (secondary N) is 1. The van der Waals surface area contributed by atoms with Gasteiger partial charge >= 0.3 is 5.97 Å². The molecular weight excluding hydrogens is 216 g/mol. The fourth-order valence-electron chi connectivity index (χ4n) is 2.22. The Hall–Kier alpha value is -0.610. The molecule has 0 radical (unpaired) electrons. The predicted molar refractivity (Wildman–Crippen MR) is 71.3 cm³/mol. The first kappa shape index (κ1) is 16.4. The van der Waals surface area contributed by atoms with E-state index >= 15 is 0 Å². The monoisotopic (exact) mass is 244 g/mol. The Morgan fingerprint density at radius 1 is 1.35 bits per heavy atom. The molecule has 102 valence electrons. The van der Waals surface area contributed by atoms with Gasteiger partial charge in [-0.2, -0.15) is 0 Å². The zero-order chi connectivity index (χ0) is 13.4. The quantitative estimate of drug-likeness (QED) is 0.793. The van der Waals surface area contributed by atoms with Gasteiger partial charge in [-0.1, -0.05) is 6.92 Å². The molecule has 1 aliphatic rings. The molecule has 1 rings (SSSR count). The van der Waals surface area contributed by atoms with Crippen molar-refractivity contribution in [3.05, 3.63) is 0 Å². The fourth-order valence-corrected chi connectivity index (χ4v) is 2.22. The van der Waals surface area contributed by atoms with E-state index in [0.717, 1.165) is 25.9 Å². The van der Waals surface area contributed by atoms with E-state index in [1.165, 1.54) is 0 Å². The van der Waals surface area contributed by atoms with E-state index in [2.05, 4.69) is 44.8 Å². The van der Waals surface area contributed by atoms with E-state index in [1.807, 2.05) is 0 Å². The Kier molecular flexibility index (Phi) is 8.17. The first-order chi connectivity index (χ1) is 7.90. The maximum Gasteiger partial charge on any atom is 0.320 e. The van der Waals surface area contributed by atoms with Crippen molar-refractivity contribution < 1.29 is 9.90 Å². The Morgan fingerprint density at radius 3 is 2.00 bits per heavy atom. The van der Waals surface area contributed by atoms with Gasteiger partial charge in [0.05, 0.1) is 0 Å². The van der Waals surface area contributed by atoms with Crippen molar-refractivity contribution in [1.29, 1.82) is 0 Å². The Morgan fingerprint density at radius 2 is 1.88 bits per heavy atom. The van der Waals surface area contributed by atoms with Crippen molar-refractivity contribution in [3.8, 4) is 0 Å². The molecule has 1 heterocycles. The van der Waals surface area contributed by atoms with Crippen LogP contribution in [0.2, 0.25) is 0 Å². The van der Waals surface area contributed by atoms with Gasteiger partial charge in [0.25, 0.3) is 0 Å². The van der Waals surface area contributed by atoms with E-state index in [9.17, 15) is 4.79 Å². The minimum absolute atomic E-state index is 0.269. The maximum atomic E-state index is 10.1. The molecule has 0 aromatic heterocycles. The molecule has 0 aliphatic carbocycles. The molecule has 0 spiro atoms. The highest BCUT2D eigenvalue weighted by Crippen LogP contribution is 2.03. The maximum absolute atomic E-state index is 10.1. The van der Waals surface area contributed by atoms with Gasteiger partial charge in [-0.3, -0.25) is 9.69 Å². The Balaban J connectivity index is 0.000000302. The van der Waals surface area contributed by atoms with Crippen LogP contribution in [-0.4, -0.2) is 47.2 Å². The summed E-state index contributed by atoms with van der Waals surface area (Å²) >= 11 is 0. The van der Waals surface area contributed by atoms with Gasteiger partial charge in [-0.25, -0.2) is 0 Å². The molecule has 17 heavy (non-hydrogen) atoms. The van der Waals surface area contributed by atoms with Crippen molar-refractivity contribution in [2.45, 2.75) is 65.6 Å². The molecule has 0 saturated carbocycles. The van der Waals surface area contributed by atoms with Crippen LogP contribution in [0.25, 0.3) is 0 Å². The van der Waals surface area contributed by atoms with E-state index in [-0.39, 0.29) is 6.04 Å². The number of hydrogen-bond donors (Lipinski definition) is 2. The topological polar surface area (TPSA) is 52.6 Å². The molecule has 1 aliphatic heterocycles. The van der Waals surface area contributed by atoms with Crippen LogP contribution in [0.5, 0.6) is 0 Å². The second-order valence-electron chi connectivity index (χ2n) is 5.01. The molecule has 0 bridgehead atoms. The summed E-state index contributed by atoms with van der Waals surface area (Å²) in [5, 5.41) is 11.2. The zero-order valence-electron chi connectivity index (χ0n) is 11.9. The van der Waals surface area contributed by atoms with Gasteiger partial charge in [0.15, 0.2) is 0 Å². The predicted octanol–water partition coefficient (Wildman–Crippen LogP) is 1.95. The fraction of sp³-hybridized carbons (Fsp3) is 0.923. The summed E-state index contributed by atoms with van der Waals surface area (Å²) in [7, 11) is 0. The number of carbonyl (C=O) groups is 1. The van der Waals surface area contributed by atoms with Crippen LogP contribution in [0, 0.1) is 0 Å². The lowest BCUT2D eigenvalue weighted by molar-refractivity contribution is -0.139. The molecule has 1 fully saturated rings. The molecule has 4 nitrogen and oxygen atoms in total. The lowest BCUT2D eigenvalue weighted by atomic mass is 10.2. The number of hydrogen-bond acceptors (Lipinski definition) is 3. The van der Waals surface area contributed by atoms with Crippen molar-refractivity contribution >= 4 is 5.97 Å². The third-order valence-corrected chi connectivity index (χ3v) is 3.05. The average Bonchev–Trinajstić information content (AvgIpc) is 2.70.